The number of aliphatic hydroxyl groups excluding tert-OH is 4. The van der Waals surface area contributed by atoms with Crippen LogP contribution in [0.25, 0.3) is 10.4 Å². The van der Waals surface area contributed by atoms with Gasteiger partial charge in [-0.05, 0) is 10.6 Å². The van der Waals surface area contributed by atoms with Gasteiger partial charge in [0.05, 0.1) is 6.61 Å². The lowest BCUT2D eigenvalue weighted by molar-refractivity contribution is -0.175. The highest BCUT2D eigenvalue weighted by atomic mass is 16.4. The zero-order chi connectivity index (χ0) is 15.2. The van der Waals surface area contributed by atoms with Crippen molar-refractivity contribution >= 4 is 11.8 Å². The molecule has 0 heterocycles. The van der Waals surface area contributed by atoms with E-state index in [4.69, 9.17) is 15.7 Å². The molecule has 0 aliphatic heterocycles. The number of azide groups is 1. The molecule has 6 N–H and O–H groups in total. The lowest BCUT2D eigenvalue weighted by atomic mass is 9.97. The van der Waals surface area contributed by atoms with Gasteiger partial charge in [0.15, 0.2) is 0 Å². The van der Waals surface area contributed by atoms with E-state index in [0.29, 0.717) is 0 Å². The molecule has 0 spiro atoms. The maximum absolute atomic E-state index is 11.5. The Hall–Kier alpha value is -1.75. The summed E-state index contributed by atoms with van der Waals surface area (Å²) in [5.74, 6) is -2.50. The summed E-state index contributed by atoms with van der Waals surface area (Å²) in [5, 5.41) is 50.5. The third-order valence-corrected chi connectivity index (χ3v) is 2.14. The van der Waals surface area contributed by atoms with Gasteiger partial charge in [-0.2, -0.15) is 0 Å². The molecule has 19 heavy (non-hydrogen) atoms. The smallest absolute Gasteiger partial charge is 0.267 e. The van der Waals surface area contributed by atoms with Gasteiger partial charge in [0.1, 0.15) is 18.3 Å². The van der Waals surface area contributed by atoms with Crippen LogP contribution in [-0.2, 0) is 9.59 Å². The maximum atomic E-state index is 11.5. The van der Waals surface area contributed by atoms with E-state index in [9.17, 15) is 24.9 Å². The third-order valence-electron chi connectivity index (χ3n) is 2.14. The second-order valence-corrected chi connectivity index (χ2v) is 3.61. The van der Waals surface area contributed by atoms with Crippen LogP contribution >= 0.6 is 0 Å². The Bertz CT molecular complexity index is 397. The van der Waals surface area contributed by atoms with Gasteiger partial charge in [-0.15, -0.1) is 0 Å². The average molecular weight is 278 g/mol. The van der Waals surface area contributed by atoms with Crippen molar-refractivity contribution in [2.24, 2.45) is 5.11 Å². The van der Waals surface area contributed by atoms with E-state index in [0.717, 1.165) is 6.92 Å². The van der Waals surface area contributed by atoms with Gasteiger partial charge in [0, 0.05) is 11.8 Å². The molecule has 108 valence electrons. The number of hydrogen-bond acceptors (Lipinski definition) is 8. The quantitative estimate of drug-likeness (QED) is 0.166. The molecule has 0 aliphatic rings. The molecule has 0 aromatic carbocycles. The van der Waals surface area contributed by atoms with Crippen LogP contribution in [0.15, 0.2) is 5.11 Å². The number of nitrogens with one attached hydrogen (secondary N) is 1. The van der Waals surface area contributed by atoms with Gasteiger partial charge in [0.25, 0.3) is 11.6 Å². The second kappa shape index (κ2) is 6.99. The standard InChI is InChI=1S/C8H14N4O7/c1-3(14)10-7(18)8(19,11-12-9)6(17)5(16)4(15)2-13/h4-6,13,15-17,19H,2H2,1H3,(H,10,14,18). The lowest BCUT2D eigenvalue weighted by Gasteiger charge is -2.31. The summed E-state index contributed by atoms with van der Waals surface area (Å²) in [6.07, 6.45) is -6.57. The van der Waals surface area contributed by atoms with Crippen LogP contribution in [0.1, 0.15) is 6.92 Å². The normalized spacial score (nSPS) is 18.4. The van der Waals surface area contributed by atoms with Crippen molar-refractivity contribution in [2.75, 3.05) is 6.61 Å². The summed E-state index contributed by atoms with van der Waals surface area (Å²) >= 11 is 0. The monoisotopic (exact) mass is 278 g/mol. The molecule has 0 rings (SSSR count). The summed E-state index contributed by atoms with van der Waals surface area (Å²) in [7, 11) is 0. The lowest BCUT2D eigenvalue weighted by Crippen LogP contribution is -2.60. The Labute approximate surface area is 106 Å². The number of carbonyl (C=O) groups is 2. The van der Waals surface area contributed by atoms with Crippen molar-refractivity contribution in [1.29, 1.82) is 0 Å². The van der Waals surface area contributed by atoms with Crippen LogP contribution in [0.2, 0.25) is 0 Å². The molecule has 0 fully saturated rings. The van der Waals surface area contributed by atoms with Crippen molar-refractivity contribution in [1.82, 2.24) is 5.32 Å². The zero-order valence-corrected chi connectivity index (χ0v) is 9.83. The number of carbonyl (C=O) groups excluding carboxylic acids is 2. The zero-order valence-electron chi connectivity index (χ0n) is 9.83. The highest BCUT2D eigenvalue weighted by Gasteiger charge is 2.48. The molecule has 0 aromatic heterocycles. The molecule has 0 radical (unpaired) electrons. The Balaban J connectivity index is 5.33. The second-order valence-electron chi connectivity index (χ2n) is 3.61. The van der Waals surface area contributed by atoms with Gasteiger partial charge in [-0.1, -0.05) is 0 Å². The number of nitrogens with zero attached hydrogens (tertiary/aromatic N) is 3. The molecular formula is C8H14N4O7. The highest BCUT2D eigenvalue weighted by molar-refractivity contribution is 5.98. The van der Waals surface area contributed by atoms with Gasteiger partial charge in [-0.3, -0.25) is 14.9 Å². The third kappa shape index (κ3) is 4.13. The van der Waals surface area contributed by atoms with Crippen LogP contribution in [0.5, 0.6) is 0 Å². The van der Waals surface area contributed by atoms with Crippen molar-refractivity contribution in [3.05, 3.63) is 10.4 Å². The Kier molecular flexibility index (Phi) is 6.35. The minimum atomic E-state index is -3.23. The SMILES string of the molecule is CC(=O)NC(=O)C(O)(N=[N+]=[N-])C(O)C(O)C(O)CO. The maximum Gasteiger partial charge on any atom is 0.267 e. The van der Waals surface area contributed by atoms with E-state index in [1.807, 2.05) is 0 Å². The van der Waals surface area contributed by atoms with Gasteiger partial charge < -0.3 is 25.5 Å². The predicted octanol–water partition coefficient (Wildman–Crippen LogP) is -3.28. The predicted molar refractivity (Wildman–Crippen MR) is 58.0 cm³/mol. The summed E-state index contributed by atoms with van der Waals surface area (Å²) in [6, 6.07) is 0. The first-order chi connectivity index (χ1) is 8.70. The minimum absolute atomic E-state index is 0.916. The molecule has 4 atom stereocenters. The summed E-state index contributed by atoms with van der Waals surface area (Å²) < 4.78 is 0. The molecule has 11 heteroatoms. The van der Waals surface area contributed by atoms with E-state index < -0.39 is 42.5 Å². The number of rotatable bonds is 6. The van der Waals surface area contributed by atoms with Crippen molar-refractivity contribution in [2.45, 2.75) is 31.0 Å². The van der Waals surface area contributed by atoms with Gasteiger partial charge in [0.2, 0.25) is 5.91 Å². The molecular weight excluding hydrogens is 264 g/mol. The largest absolute Gasteiger partial charge is 0.394 e. The number of amides is 2. The Morgan fingerprint density at radius 3 is 2.32 bits per heavy atom. The Morgan fingerprint density at radius 1 is 1.42 bits per heavy atom. The number of aliphatic hydroxyl groups is 5. The molecule has 4 unspecified atom stereocenters. The van der Waals surface area contributed by atoms with E-state index in [1.54, 1.807) is 5.32 Å². The average Bonchev–Trinajstić information content (AvgIpc) is 2.35. The van der Waals surface area contributed by atoms with Crippen LogP contribution in [0, 0.1) is 0 Å². The number of imide groups is 1. The van der Waals surface area contributed by atoms with E-state index in [2.05, 4.69) is 10.0 Å². The molecule has 0 aliphatic carbocycles. The topological polar surface area (TPSA) is 196 Å². The first kappa shape index (κ1) is 17.2. The number of hydrogen-bond donors (Lipinski definition) is 6. The van der Waals surface area contributed by atoms with Crippen molar-refractivity contribution < 1.29 is 35.1 Å². The van der Waals surface area contributed by atoms with Crippen LogP contribution < -0.4 is 5.32 Å². The molecule has 11 nitrogen and oxygen atoms in total. The highest BCUT2D eigenvalue weighted by Crippen LogP contribution is 2.19. The summed E-state index contributed by atoms with van der Waals surface area (Å²) in [5.41, 5.74) is 5.01. The van der Waals surface area contributed by atoms with Crippen molar-refractivity contribution in [3.63, 3.8) is 0 Å². The van der Waals surface area contributed by atoms with E-state index in [-0.39, 0.29) is 0 Å². The molecule has 0 saturated heterocycles. The van der Waals surface area contributed by atoms with E-state index >= 15 is 0 Å². The first-order valence-electron chi connectivity index (χ1n) is 4.96. The Morgan fingerprint density at radius 2 is 1.95 bits per heavy atom. The summed E-state index contributed by atoms with van der Waals surface area (Å²) in [6.45, 7) is -0.0707. The fraction of sp³-hybridized carbons (Fsp3) is 0.750. The minimum Gasteiger partial charge on any atom is -0.394 e. The van der Waals surface area contributed by atoms with E-state index in [1.165, 1.54) is 0 Å². The fourth-order valence-electron chi connectivity index (χ4n) is 1.12. The molecule has 2 amide bonds. The first-order valence-corrected chi connectivity index (χ1v) is 4.96. The van der Waals surface area contributed by atoms with Gasteiger partial charge >= 0.3 is 0 Å². The van der Waals surface area contributed by atoms with Crippen LogP contribution in [-0.4, -0.2) is 68.0 Å². The molecule has 0 saturated carbocycles. The molecule has 0 aromatic rings. The summed E-state index contributed by atoms with van der Waals surface area (Å²) in [4.78, 5) is 24.2. The van der Waals surface area contributed by atoms with Gasteiger partial charge in [-0.25, -0.2) is 0 Å². The van der Waals surface area contributed by atoms with Crippen molar-refractivity contribution in [3.8, 4) is 0 Å². The fourth-order valence-corrected chi connectivity index (χ4v) is 1.12. The molecule has 0 bridgehead atoms. The van der Waals surface area contributed by atoms with Crippen LogP contribution in [0.3, 0.4) is 0 Å². The van der Waals surface area contributed by atoms with Crippen LogP contribution in [0.4, 0.5) is 0 Å².